The quantitative estimate of drug-likeness (QED) is 0.390. The Morgan fingerprint density at radius 3 is 2.56 bits per heavy atom. The van der Waals surface area contributed by atoms with Crippen LogP contribution in [0.15, 0.2) is 67.4 Å². The maximum Gasteiger partial charge on any atom is 0.159 e. The molecular formula is C23H15FN8. The maximum atomic E-state index is 15.7. The third-order valence-corrected chi connectivity index (χ3v) is 5.32. The van der Waals surface area contributed by atoms with Crippen LogP contribution in [0.4, 0.5) is 10.1 Å². The highest BCUT2D eigenvalue weighted by atomic mass is 19.1. The number of imidazole rings is 1. The molecule has 0 saturated heterocycles. The van der Waals surface area contributed by atoms with Crippen LogP contribution in [-0.2, 0) is 0 Å². The summed E-state index contributed by atoms with van der Waals surface area (Å²) in [4.78, 5) is 20.6. The van der Waals surface area contributed by atoms with Crippen molar-refractivity contribution in [2.75, 3.05) is 5.73 Å². The normalized spacial score (nSPS) is 11.4. The minimum atomic E-state index is -0.424. The highest BCUT2D eigenvalue weighted by Gasteiger charge is 2.20. The number of rotatable bonds is 3. The minimum Gasteiger partial charge on any atom is -0.397 e. The zero-order chi connectivity index (χ0) is 21.7. The summed E-state index contributed by atoms with van der Waals surface area (Å²) >= 11 is 0. The van der Waals surface area contributed by atoms with Gasteiger partial charge in [0.05, 0.1) is 27.8 Å². The van der Waals surface area contributed by atoms with Crippen LogP contribution in [0.5, 0.6) is 0 Å². The van der Waals surface area contributed by atoms with Crippen molar-refractivity contribution in [1.29, 1.82) is 0 Å². The molecule has 0 amide bonds. The number of nitrogen functional groups attached to an aromatic ring is 1. The molecule has 0 bridgehead atoms. The monoisotopic (exact) mass is 422 g/mol. The zero-order valence-corrected chi connectivity index (χ0v) is 16.5. The summed E-state index contributed by atoms with van der Waals surface area (Å²) in [5.41, 5.74) is 11.2. The van der Waals surface area contributed by atoms with Gasteiger partial charge in [-0.2, -0.15) is 5.10 Å². The van der Waals surface area contributed by atoms with Gasteiger partial charge in [0.15, 0.2) is 5.82 Å². The number of nitrogens with zero attached hydrogens (tertiary/aromatic N) is 5. The van der Waals surface area contributed by atoms with E-state index in [4.69, 9.17) is 10.7 Å². The van der Waals surface area contributed by atoms with Crippen LogP contribution in [0, 0.1) is 5.82 Å². The summed E-state index contributed by atoms with van der Waals surface area (Å²) in [6.07, 6.45) is 8.20. The smallest absolute Gasteiger partial charge is 0.159 e. The van der Waals surface area contributed by atoms with Crippen LogP contribution in [0.2, 0.25) is 0 Å². The molecule has 8 nitrogen and oxygen atoms in total. The lowest BCUT2D eigenvalue weighted by Gasteiger charge is -2.05. The Kier molecular flexibility index (Phi) is 3.94. The summed E-state index contributed by atoms with van der Waals surface area (Å²) in [5, 5.41) is 7.58. The Labute approximate surface area is 180 Å². The molecule has 5 aromatic heterocycles. The fraction of sp³-hybridized carbons (Fsp3) is 0. The van der Waals surface area contributed by atoms with E-state index in [9.17, 15) is 0 Å². The first-order valence-corrected chi connectivity index (χ1v) is 9.82. The number of hydrogen-bond donors (Lipinski definition) is 3. The van der Waals surface area contributed by atoms with Crippen molar-refractivity contribution in [3.05, 3.63) is 73.2 Å². The van der Waals surface area contributed by atoms with E-state index in [1.165, 1.54) is 6.20 Å². The fourth-order valence-corrected chi connectivity index (χ4v) is 3.84. The lowest BCUT2D eigenvalue weighted by molar-refractivity contribution is 0.643. The number of H-pyrrole nitrogens is 2. The van der Waals surface area contributed by atoms with Gasteiger partial charge in [-0.15, -0.1) is 0 Å². The van der Waals surface area contributed by atoms with Crippen molar-refractivity contribution < 1.29 is 4.39 Å². The maximum absolute atomic E-state index is 15.7. The Bertz CT molecular complexity index is 1600. The molecule has 9 heteroatoms. The minimum absolute atomic E-state index is 0.336. The van der Waals surface area contributed by atoms with Gasteiger partial charge in [0, 0.05) is 47.7 Å². The van der Waals surface area contributed by atoms with Crippen molar-refractivity contribution in [2.45, 2.75) is 0 Å². The van der Waals surface area contributed by atoms with E-state index in [1.54, 1.807) is 43.0 Å². The topological polar surface area (TPSA) is 122 Å². The highest BCUT2D eigenvalue weighted by Crippen LogP contribution is 2.35. The molecule has 5 heterocycles. The number of pyridine rings is 3. The van der Waals surface area contributed by atoms with Crippen molar-refractivity contribution in [2.24, 2.45) is 0 Å². The van der Waals surface area contributed by atoms with Crippen LogP contribution in [0.1, 0.15) is 0 Å². The molecular weight excluding hydrogens is 407 g/mol. The second-order valence-electron chi connectivity index (χ2n) is 7.31. The number of halogens is 1. The van der Waals surface area contributed by atoms with Crippen molar-refractivity contribution in [1.82, 2.24) is 35.1 Å². The average molecular weight is 422 g/mol. The van der Waals surface area contributed by atoms with Gasteiger partial charge in [-0.3, -0.25) is 20.1 Å². The molecule has 0 spiro atoms. The Morgan fingerprint density at radius 2 is 1.72 bits per heavy atom. The van der Waals surface area contributed by atoms with Gasteiger partial charge in [0.2, 0.25) is 0 Å². The van der Waals surface area contributed by atoms with Crippen LogP contribution in [0.3, 0.4) is 0 Å². The molecule has 0 atom stereocenters. The summed E-state index contributed by atoms with van der Waals surface area (Å²) in [6, 6.07) is 10.7. The van der Waals surface area contributed by atoms with Crippen LogP contribution in [-0.4, -0.2) is 35.1 Å². The van der Waals surface area contributed by atoms with E-state index in [1.807, 2.05) is 18.2 Å². The van der Waals surface area contributed by atoms with E-state index in [0.717, 1.165) is 11.1 Å². The molecule has 0 saturated carbocycles. The molecule has 6 aromatic rings. The molecule has 0 unspecified atom stereocenters. The molecule has 6 rings (SSSR count). The van der Waals surface area contributed by atoms with Gasteiger partial charge in [-0.05, 0) is 36.4 Å². The van der Waals surface area contributed by atoms with E-state index >= 15 is 4.39 Å². The van der Waals surface area contributed by atoms with Gasteiger partial charge >= 0.3 is 0 Å². The van der Waals surface area contributed by atoms with Gasteiger partial charge < -0.3 is 10.7 Å². The SMILES string of the molecule is Nc1cncc(-c2ccc3[nH]nc(-c4nc5c(-c6ccncc6)nccc5[nH]4)c3c2F)c1. The Hall–Kier alpha value is -4.66. The lowest BCUT2D eigenvalue weighted by atomic mass is 10.0. The Balaban J connectivity index is 1.55. The average Bonchev–Trinajstić information content (AvgIpc) is 3.44. The van der Waals surface area contributed by atoms with Gasteiger partial charge in [-0.25, -0.2) is 9.37 Å². The molecule has 4 N–H and O–H groups in total. The molecule has 0 aliphatic carbocycles. The summed E-state index contributed by atoms with van der Waals surface area (Å²) < 4.78 is 15.7. The number of benzene rings is 1. The summed E-state index contributed by atoms with van der Waals surface area (Å²) in [7, 11) is 0. The van der Waals surface area contributed by atoms with Crippen LogP contribution in [0.25, 0.3) is 55.8 Å². The summed E-state index contributed by atoms with van der Waals surface area (Å²) in [6.45, 7) is 0. The first kappa shape index (κ1) is 18.1. The second kappa shape index (κ2) is 6.95. The van der Waals surface area contributed by atoms with Crippen molar-refractivity contribution >= 4 is 27.6 Å². The number of fused-ring (bicyclic) bond motifs is 2. The van der Waals surface area contributed by atoms with Crippen LogP contribution >= 0.6 is 0 Å². The third kappa shape index (κ3) is 2.79. The number of anilines is 1. The van der Waals surface area contributed by atoms with Crippen LogP contribution < -0.4 is 5.73 Å². The summed E-state index contributed by atoms with van der Waals surface area (Å²) in [5.74, 6) is 0.0166. The largest absolute Gasteiger partial charge is 0.397 e. The second-order valence-corrected chi connectivity index (χ2v) is 7.31. The first-order chi connectivity index (χ1) is 15.7. The van der Waals surface area contributed by atoms with Gasteiger partial charge in [0.1, 0.15) is 17.0 Å². The number of aromatic amines is 2. The highest BCUT2D eigenvalue weighted by molar-refractivity contribution is 5.98. The molecule has 0 aliphatic heterocycles. The number of aromatic nitrogens is 7. The van der Waals surface area contributed by atoms with Crippen molar-refractivity contribution in [3.63, 3.8) is 0 Å². The predicted molar refractivity (Wildman–Crippen MR) is 120 cm³/mol. The van der Waals surface area contributed by atoms with E-state index < -0.39 is 5.82 Å². The molecule has 32 heavy (non-hydrogen) atoms. The molecule has 0 aliphatic rings. The van der Waals surface area contributed by atoms with Gasteiger partial charge in [0.25, 0.3) is 0 Å². The van der Waals surface area contributed by atoms with E-state index in [0.29, 0.717) is 50.4 Å². The molecule has 0 fully saturated rings. The lowest BCUT2D eigenvalue weighted by Crippen LogP contribution is -1.91. The Morgan fingerprint density at radius 1 is 0.844 bits per heavy atom. The van der Waals surface area contributed by atoms with E-state index in [2.05, 4.69) is 30.1 Å². The molecule has 1 aromatic carbocycles. The fourth-order valence-electron chi connectivity index (χ4n) is 3.84. The standard InChI is InChI=1S/C23H15FN8/c24-19-15(13-9-14(25)11-27-10-13)1-2-16-18(19)22(32-31-16)23-29-17-5-8-28-20(21(17)30-23)12-3-6-26-7-4-12/h1-11H,25H2,(H,29,30)(H,31,32). The third-order valence-electron chi connectivity index (χ3n) is 5.32. The predicted octanol–water partition coefficient (Wildman–Crippen LogP) is 4.35. The molecule has 154 valence electrons. The van der Waals surface area contributed by atoms with E-state index in [-0.39, 0.29) is 0 Å². The van der Waals surface area contributed by atoms with Crippen molar-refractivity contribution in [3.8, 4) is 33.9 Å². The number of nitrogens with one attached hydrogen (secondary N) is 2. The first-order valence-electron chi connectivity index (χ1n) is 9.82. The zero-order valence-electron chi connectivity index (χ0n) is 16.5. The molecule has 0 radical (unpaired) electrons. The number of hydrogen-bond acceptors (Lipinski definition) is 6. The van der Waals surface area contributed by atoms with Gasteiger partial charge in [-0.1, -0.05) is 0 Å². The number of nitrogens with two attached hydrogens (primary N) is 1.